The zero-order chi connectivity index (χ0) is 24.0. The number of amides is 1. The van der Waals surface area contributed by atoms with Crippen LogP contribution in [0.5, 0.6) is 5.75 Å². The first kappa shape index (κ1) is 24.6. The van der Waals surface area contributed by atoms with Crippen LogP contribution in [0.3, 0.4) is 0 Å². The van der Waals surface area contributed by atoms with Crippen molar-refractivity contribution >= 4 is 33.2 Å². The molecule has 0 bridgehead atoms. The van der Waals surface area contributed by atoms with Gasteiger partial charge in [0.1, 0.15) is 18.9 Å². The molecule has 0 fully saturated rings. The second kappa shape index (κ2) is 10.7. The summed E-state index contributed by atoms with van der Waals surface area (Å²) in [5.74, 6) is 0.268. The van der Waals surface area contributed by atoms with Crippen molar-refractivity contribution in [2.24, 2.45) is 0 Å². The van der Waals surface area contributed by atoms with Crippen LogP contribution in [0.2, 0.25) is 5.02 Å². The van der Waals surface area contributed by atoms with Gasteiger partial charge in [-0.15, -0.1) is 0 Å². The molecule has 33 heavy (non-hydrogen) atoms. The molecule has 0 unspecified atom stereocenters. The lowest BCUT2D eigenvalue weighted by Gasteiger charge is -2.24. The Morgan fingerprint density at radius 1 is 0.939 bits per heavy atom. The molecular weight excluding hydrogens is 460 g/mol. The molecule has 0 aromatic heterocycles. The van der Waals surface area contributed by atoms with E-state index < -0.39 is 15.9 Å². The van der Waals surface area contributed by atoms with Crippen molar-refractivity contribution in [2.75, 3.05) is 24.0 Å². The van der Waals surface area contributed by atoms with Crippen molar-refractivity contribution in [3.05, 3.63) is 88.4 Å². The minimum atomic E-state index is -3.98. The normalized spacial score (nSPS) is 11.2. The van der Waals surface area contributed by atoms with Crippen LogP contribution < -0.4 is 14.4 Å². The molecule has 174 valence electrons. The van der Waals surface area contributed by atoms with Crippen molar-refractivity contribution in [1.29, 1.82) is 0 Å². The number of ether oxygens (including phenoxy) is 1. The highest BCUT2D eigenvalue weighted by Gasteiger charge is 2.27. The van der Waals surface area contributed by atoms with E-state index >= 15 is 0 Å². The number of hydrogen-bond acceptors (Lipinski definition) is 4. The Kier molecular flexibility index (Phi) is 8.00. The van der Waals surface area contributed by atoms with E-state index in [-0.39, 0.29) is 24.6 Å². The van der Waals surface area contributed by atoms with Crippen molar-refractivity contribution in [3.63, 3.8) is 0 Å². The van der Waals surface area contributed by atoms with Gasteiger partial charge in [-0.05, 0) is 73.9 Å². The van der Waals surface area contributed by atoms with Crippen molar-refractivity contribution in [2.45, 2.75) is 25.7 Å². The fraction of sp³-hybridized carbons (Fsp3) is 0.240. The number of anilines is 1. The third-order valence-corrected chi connectivity index (χ3v) is 7.43. The zero-order valence-electron chi connectivity index (χ0n) is 18.8. The smallest absolute Gasteiger partial charge is 0.264 e. The lowest BCUT2D eigenvalue weighted by molar-refractivity contribution is -0.119. The average Bonchev–Trinajstić information content (AvgIpc) is 2.80. The molecule has 8 heteroatoms. The number of aryl methyl sites for hydroxylation is 3. The van der Waals surface area contributed by atoms with Crippen LogP contribution in [0, 0.1) is 20.8 Å². The Labute approximate surface area is 200 Å². The second-order valence-electron chi connectivity index (χ2n) is 7.70. The third-order valence-electron chi connectivity index (χ3n) is 5.23. The molecule has 0 saturated heterocycles. The van der Waals surface area contributed by atoms with E-state index in [1.54, 1.807) is 36.4 Å². The van der Waals surface area contributed by atoms with E-state index in [0.29, 0.717) is 10.7 Å². The molecule has 3 aromatic rings. The fourth-order valence-corrected chi connectivity index (χ4v) is 4.73. The SMILES string of the molecule is Cc1ccc(OCCNC(=O)CN(c2ccc(C)c(Cl)c2)S(=O)(=O)c2ccccc2)cc1C. The molecule has 0 aliphatic carbocycles. The number of carbonyl (C=O) groups is 1. The van der Waals surface area contributed by atoms with Crippen LogP contribution in [0.25, 0.3) is 0 Å². The molecule has 0 atom stereocenters. The van der Waals surface area contributed by atoms with Crippen molar-refractivity contribution in [1.82, 2.24) is 5.32 Å². The minimum Gasteiger partial charge on any atom is -0.492 e. The Balaban J connectivity index is 1.71. The van der Waals surface area contributed by atoms with E-state index in [2.05, 4.69) is 5.32 Å². The average molecular weight is 487 g/mol. The quantitative estimate of drug-likeness (QED) is 0.446. The highest BCUT2D eigenvalue weighted by atomic mass is 35.5. The topological polar surface area (TPSA) is 75.7 Å². The van der Waals surface area contributed by atoms with Crippen molar-refractivity contribution in [3.8, 4) is 5.75 Å². The molecular formula is C25H27ClN2O4S. The van der Waals surface area contributed by atoms with Gasteiger partial charge in [-0.1, -0.05) is 41.9 Å². The first-order valence-electron chi connectivity index (χ1n) is 10.5. The zero-order valence-corrected chi connectivity index (χ0v) is 20.4. The molecule has 3 rings (SSSR count). The number of hydrogen-bond donors (Lipinski definition) is 1. The number of rotatable bonds is 9. The summed E-state index contributed by atoms with van der Waals surface area (Å²) < 4.78 is 33.4. The van der Waals surface area contributed by atoms with Gasteiger partial charge in [-0.3, -0.25) is 9.10 Å². The lowest BCUT2D eigenvalue weighted by atomic mass is 10.1. The molecule has 0 radical (unpaired) electrons. The molecule has 1 N–H and O–H groups in total. The van der Waals surface area contributed by atoms with Crippen LogP contribution in [-0.2, 0) is 14.8 Å². The Hall–Kier alpha value is -3.03. The van der Waals surface area contributed by atoms with Crippen LogP contribution in [0.4, 0.5) is 5.69 Å². The summed E-state index contributed by atoms with van der Waals surface area (Å²) in [6.07, 6.45) is 0. The molecule has 0 aliphatic rings. The highest BCUT2D eigenvalue weighted by Crippen LogP contribution is 2.28. The maximum atomic E-state index is 13.3. The van der Waals surface area contributed by atoms with Gasteiger partial charge in [0.15, 0.2) is 0 Å². The number of sulfonamides is 1. The van der Waals surface area contributed by atoms with E-state index in [9.17, 15) is 13.2 Å². The van der Waals surface area contributed by atoms with Crippen LogP contribution in [-0.4, -0.2) is 34.0 Å². The largest absolute Gasteiger partial charge is 0.492 e. The van der Waals surface area contributed by atoms with Gasteiger partial charge in [0.05, 0.1) is 17.1 Å². The molecule has 3 aromatic carbocycles. The highest BCUT2D eigenvalue weighted by molar-refractivity contribution is 7.92. The number of halogens is 1. The van der Waals surface area contributed by atoms with Gasteiger partial charge >= 0.3 is 0 Å². The second-order valence-corrected chi connectivity index (χ2v) is 9.97. The Bertz CT molecular complexity index is 1230. The molecule has 6 nitrogen and oxygen atoms in total. The Morgan fingerprint density at radius 2 is 1.64 bits per heavy atom. The lowest BCUT2D eigenvalue weighted by Crippen LogP contribution is -2.42. The molecule has 0 aliphatic heterocycles. The van der Waals surface area contributed by atoms with Gasteiger partial charge in [-0.2, -0.15) is 0 Å². The first-order valence-corrected chi connectivity index (χ1v) is 12.3. The molecule has 1 amide bonds. The van der Waals surface area contributed by atoms with E-state index in [1.807, 2.05) is 39.0 Å². The van der Waals surface area contributed by atoms with Crippen molar-refractivity contribution < 1.29 is 17.9 Å². The first-order chi connectivity index (χ1) is 15.7. The van der Waals surface area contributed by atoms with Gasteiger partial charge in [0, 0.05) is 5.02 Å². The summed E-state index contributed by atoms with van der Waals surface area (Å²) in [6, 6.07) is 18.7. The summed E-state index contributed by atoms with van der Waals surface area (Å²) in [7, 11) is -3.98. The third kappa shape index (κ3) is 6.27. The molecule has 0 saturated carbocycles. The Morgan fingerprint density at radius 3 is 2.30 bits per heavy atom. The predicted octanol–water partition coefficient (Wildman–Crippen LogP) is 4.66. The maximum Gasteiger partial charge on any atom is 0.264 e. The maximum absolute atomic E-state index is 13.3. The summed E-state index contributed by atoms with van der Waals surface area (Å²) in [5.41, 5.74) is 3.42. The van der Waals surface area contributed by atoms with Crippen LogP contribution in [0.15, 0.2) is 71.6 Å². The van der Waals surface area contributed by atoms with E-state index in [1.165, 1.54) is 17.7 Å². The number of nitrogens with one attached hydrogen (secondary N) is 1. The number of nitrogens with zero attached hydrogens (tertiary/aromatic N) is 1. The van der Waals surface area contributed by atoms with Gasteiger partial charge < -0.3 is 10.1 Å². The number of benzene rings is 3. The van der Waals surface area contributed by atoms with Crippen LogP contribution in [0.1, 0.15) is 16.7 Å². The van der Waals surface area contributed by atoms with Crippen LogP contribution >= 0.6 is 11.6 Å². The van der Waals surface area contributed by atoms with Gasteiger partial charge in [-0.25, -0.2) is 8.42 Å². The van der Waals surface area contributed by atoms with Gasteiger partial charge in [0.25, 0.3) is 10.0 Å². The van der Waals surface area contributed by atoms with E-state index in [0.717, 1.165) is 21.2 Å². The minimum absolute atomic E-state index is 0.0903. The van der Waals surface area contributed by atoms with Gasteiger partial charge in [0.2, 0.25) is 5.91 Å². The summed E-state index contributed by atoms with van der Waals surface area (Å²) in [5, 5.41) is 3.15. The molecule has 0 spiro atoms. The predicted molar refractivity (Wildman–Crippen MR) is 132 cm³/mol. The summed E-state index contributed by atoms with van der Waals surface area (Å²) >= 11 is 6.23. The summed E-state index contributed by atoms with van der Waals surface area (Å²) in [4.78, 5) is 12.8. The summed E-state index contributed by atoms with van der Waals surface area (Å²) in [6.45, 7) is 5.96. The standard InChI is InChI=1S/C25H27ClN2O4S/c1-18-10-12-22(15-20(18)3)32-14-13-27-25(29)17-28(21-11-9-19(2)24(26)16-21)33(30,31)23-7-5-4-6-8-23/h4-12,15-16H,13-14,17H2,1-3H3,(H,27,29). The fourth-order valence-electron chi connectivity index (χ4n) is 3.12. The number of carbonyl (C=O) groups excluding carboxylic acids is 1. The van der Waals surface area contributed by atoms with E-state index in [4.69, 9.17) is 16.3 Å². The monoisotopic (exact) mass is 486 g/mol. The molecule has 0 heterocycles.